The van der Waals surface area contributed by atoms with Crippen molar-refractivity contribution in [3.63, 3.8) is 0 Å². The first-order valence-electron chi connectivity index (χ1n) is 7.65. The van der Waals surface area contributed by atoms with Crippen LogP contribution in [0.3, 0.4) is 0 Å². The van der Waals surface area contributed by atoms with E-state index in [-0.39, 0.29) is 11.5 Å². The molecule has 0 atom stereocenters. The van der Waals surface area contributed by atoms with E-state index in [0.29, 0.717) is 19.1 Å². The molecule has 0 unspecified atom stereocenters. The number of rotatable bonds is 5. The number of hydrogen-bond donors (Lipinski definition) is 1. The largest absolute Gasteiger partial charge is 0.464 e. The van der Waals surface area contributed by atoms with Gasteiger partial charge in [-0.15, -0.1) is 0 Å². The quantitative estimate of drug-likeness (QED) is 0.845. The van der Waals surface area contributed by atoms with Crippen LogP contribution < -0.4 is 10.2 Å². The van der Waals surface area contributed by atoms with Crippen LogP contribution in [-0.2, 0) is 9.53 Å². The molecule has 2 rings (SSSR count). The molecule has 0 fully saturated rings. The summed E-state index contributed by atoms with van der Waals surface area (Å²) in [5.41, 5.74) is 2.08. The van der Waals surface area contributed by atoms with Gasteiger partial charge in [-0.1, -0.05) is 26.0 Å². The van der Waals surface area contributed by atoms with Crippen LogP contribution in [0.4, 0.5) is 11.4 Å². The van der Waals surface area contributed by atoms with Gasteiger partial charge in [0.25, 0.3) is 0 Å². The lowest BCUT2D eigenvalue weighted by atomic mass is 9.99. The number of benzene rings is 1. The third-order valence-electron chi connectivity index (χ3n) is 3.58. The monoisotopic (exact) mass is 290 g/mol. The normalized spacial score (nSPS) is 16.3. The molecule has 1 N–H and O–H groups in total. The third-order valence-corrected chi connectivity index (χ3v) is 3.58. The number of esters is 1. The highest BCUT2D eigenvalue weighted by molar-refractivity contribution is 5.81. The number of nitrogens with zero attached hydrogens (tertiary/aromatic N) is 1. The number of para-hydroxylation sites is 2. The number of fused-ring (bicyclic) bond motifs is 1. The average Bonchev–Trinajstić information content (AvgIpc) is 2.36. The molecule has 1 heterocycles. The predicted octanol–water partition coefficient (Wildman–Crippen LogP) is 3.29. The lowest BCUT2D eigenvalue weighted by Gasteiger charge is -2.41. The van der Waals surface area contributed by atoms with Crippen LogP contribution in [0, 0.1) is 5.92 Å². The maximum absolute atomic E-state index is 12.0. The topological polar surface area (TPSA) is 41.6 Å². The van der Waals surface area contributed by atoms with Crippen molar-refractivity contribution in [2.24, 2.45) is 5.92 Å². The molecule has 0 saturated heterocycles. The summed E-state index contributed by atoms with van der Waals surface area (Å²) in [6.07, 6.45) is 0.912. The number of carbonyl (C=O) groups is 1. The van der Waals surface area contributed by atoms with E-state index in [2.05, 4.69) is 37.9 Å². The second-order valence-electron chi connectivity index (χ2n) is 6.79. The Balaban J connectivity index is 2.01. The van der Waals surface area contributed by atoms with Crippen LogP contribution in [0.5, 0.6) is 0 Å². The molecule has 21 heavy (non-hydrogen) atoms. The molecule has 0 saturated carbocycles. The van der Waals surface area contributed by atoms with Gasteiger partial charge in [-0.05, 0) is 38.3 Å². The molecule has 0 aliphatic carbocycles. The van der Waals surface area contributed by atoms with Crippen LogP contribution in [0.1, 0.15) is 34.1 Å². The van der Waals surface area contributed by atoms with E-state index in [9.17, 15) is 4.79 Å². The van der Waals surface area contributed by atoms with Gasteiger partial charge < -0.3 is 15.0 Å². The third kappa shape index (κ3) is 4.38. The zero-order chi connectivity index (χ0) is 15.5. The van der Waals surface area contributed by atoms with Gasteiger partial charge in [0, 0.05) is 12.1 Å². The van der Waals surface area contributed by atoms with Gasteiger partial charge in [0.2, 0.25) is 0 Å². The summed E-state index contributed by atoms with van der Waals surface area (Å²) in [5, 5.41) is 3.50. The van der Waals surface area contributed by atoms with Crippen LogP contribution >= 0.6 is 0 Å². The molecule has 1 aromatic rings. The first-order chi connectivity index (χ1) is 9.87. The molecule has 4 heteroatoms. The highest BCUT2D eigenvalue weighted by Crippen LogP contribution is 2.33. The van der Waals surface area contributed by atoms with Crippen molar-refractivity contribution >= 4 is 17.3 Å². The number of carbonyl (C=O) groups excluding carboxylic acids is 1. The van der Waals surface area contributed by atoms with Gasteiger partial charge in [0.15, 0.2) is 0 Å². The van der Waals surface area contributed by atoms with Crippen LogP contribution in [-0.4, -0.2) is 31.2 Å². The molecule has 0 amide bonds. The zero-order valence-electron chi connectivity index (χ0n) is 13.5. The minimum Gasteiger partial charge on any atom is -0.464 e. The predicted molar refractivity (Wildman–Crippen MR) is 86.8 cm³/mol. The second kappa shape index (κ2) is 6.37. The van der Waals surface area contributed by atoms with Gasteiger partial charge in [0.05, 0.1) is 18.0 Å². The van der Waals surface area contributed by atoms with Gasteiger partial charge in [-0.25, -0.2) is 0 Å². The Labute approximate surface area is 127 Å². The molecular weight excluding hydrogens is 264 g/mol. The summed E-state index contributed by atoms with van der Waals surface area (Å²) >= 11 is 0. The summed E-state index contributed by atoms with van der Waals surface area (Å²) in [4.78, 5) is 14.1. The summed E-state index contributed by atoms with van der Waals surface area (Å²) < 4.78 is 5.34. The fourth-order valence-electron chi connectivity index (χ4n) is 2.57. The first-order valence-corrected chi connectivity index (χ1v) is 7.65. The Kier molecular flexibility index (Phi) is 4.76. The van der Waals surface area contributed by atoms with Crippen molar-refractivity contribution in [1.82, 2.24) is 0 Å². The number of hydrogen-bond acceptors (Lipinski definition) is 4. The Morgan fingerprint density at radius 3 is 2.81 bits per heavy atom. The van der Waals surface area contributed by atoms with Crippen molar-refractivity contribution in [3.05, 3.63) is 24.3 Å². The number of nitrogens with one attached hydrogen (secondary N) is 1. The highest BCUT2D eigenvalue weighted by atomic mass is 16.5. The van der Waals surface area contributed by atoms with E-state index in [1.54, 1.807) is 0 Å². The minimum absolute atomic E-state index is 0.0629. The molecule has 0 bridgehead atoms. The van der Waals surface area contributed by atoms with Crippen molar-refractivity contribution in [3.8, 4) is 0 Å². The van der Waals surface area contributed by atoms with Gasteiger partial charge >= 0.3 is 5.97 Å². The van der Waals surface area contributed by atoms with E-state index in [1.165, 1.54) is 0 Å². The van der Waals surface area contributed by atoms with E-state index < -0.39 is 0 Å². The van der Waals surface area contributed by atoms with Crippen molar-refractivity contribution in [2.45, 2.75) is 39.7 Å². The van der Waals surface area contributed by atoms with E-state index >= 15 is 0 Å². The summed E-state index contributed by atoms with van der Waals surface area (Å²) in [6.45, 7) is 10.1. The summed E-state index contributed by atoms with van der Waals surface area (Å²) in [7, 11) is 0. The fraction of sp³-hybridized carbons (Fsp3) is 0.588. The van der Waals surface area contributed by atoms with Crippen LogP contribution in [0.25, 0.3) is 0 Å². The number of anilines is 2. The van der Waals surface area contributed by atoms with Gasteiger partial charge in [0.1, 0.15) is 6.54 Å². The average molecular weight is 290 g/mol. The van der Waals surface area contributed by atoms with Gasteiger partial charge in [-0.2, -0.15) is 0 Å². The van der Waals surface area contributed by atoms with Crippen molar-refractivity contribution < 1.29 is 9.53 Å². The Bertz CT molecular complexity index is 497. The first kappa shape index (κ1) is 15.7. The molecular formula is C17H26N2O2. The molecule has 1 aromatic carbocycles. The molecule has 0 aromatic heterocycles. The standard InChI is InChI=1S/C17H26N2O2/c1-13(2)9-10-21-16(20)11-19-12-17(3,4)18-14-7-5-6-8-15(14)19/h5-8,13,18H,9-12H2,1-4H3. The maximum atomic E-state index is 12.0. The molecule has 116 valence electrons. The fourth-order valence-corrected chi connectivity index (χ4v) is 2.57. The van der Waals surface area contributed by atoms with Gasteiger partial charge in [-0.3, -0.25) is 4.79 Å². The van der Waals surface area contributed by atoms with E-state index in [4.69, 9.17) is 4.74 Å². The Hall–Kier alpha value is -1.71. The van der Waals surface area contributed by atoms with Crippen LogP contribution in [0.2, 0.25) is 0 Å². The van der Waals surface area contributed by atoms with E-state index in [0.717, 1.165) is 24.3 Å². The number of ether oxygens (including phenoxy) is 1. The smallest absolute Gasteiger partial charge is 0.325 e. The summed E-state index contributed by atoms with van der Waals surface area (Å²) in [5.74, 6) is 0.403. The highest BCUT2D eigenvalue weighted by Gasteiger charge is 2.30. The Morgan fingerprint density at radius 2 is 2.10 bits per heavy atom. The Morgan fingerprint density at radius 1 is 1.38 bits per heavy atom. The molecule has 0 spiro atoms. The zero-order valence-corrected chi connectivity index (χ0v) is 13.5. The van der Waals surface area contributed by atoms with Crippen molar-refractivity contribution in [1.29, 1.82) is 0 Å². The van der Waals surface area contributed by atoms with Crippen LogP contribution in [0.15, 0.2) is 24.3 Å². The molecule has 4 nitrogen and oxygen atoms in total. The lowest BCUT2D eigenvalue weighted by molar-refractivity contribution is -0.142. The minimum atomic E-state index is -0.150. The lowest BCUT2D eigenvalue weighted by Crippen LogP contribution is -2.50. The second-order valence-corrected chi connectivity index (χ2v) is 6.79. The summed E-state index contributed by atoms with van der Waals surface area (Å²) in [6, 6.07) is 8.09. The van der Waals surface area contributed by atoms with E-state index in [1.807, 2.05) is 24.3 Å². The molecule has 0 radical (unpaired) electrons. The molecule has 1 aliphatic heterocycles. The molecule has 1 aliphatic rings. The maximum Gasteiger partial charge on any atom is 0.325 e. The van der Waals surface area contributed by atoms with Crippen molar-refractivity contribution in [2.75, 3.05) is 29.9 Å². The SMILES string of the molecule is CC(C)CCOC(=O)CN1CC(C)(C)Nc2ccccc21.